The summed E-state index contributed by atoms with van der Waals surface area (Å²) in [6.07, 6.45) is -4.17. The van der Waals surface area contributed by atoms with Gasteiger partial charge >= 0.3 is 6.18 Å². The summed E-state index contributed by atoms with van der Waals surface area (Å²) in [4.78, 5) is 28.0. The molecule has 2 unspecified atom stereocenters. The van der Waals surface area contributed by atoms with Gasteiger partial charge in [-0.05, 0) is 68.3 Å². The highest BCUT2D eigenvalue weighted by atomic mass is 79.9. The van der Waals surface area contributed by atoms with Crippen LogP contribution in [0.2, 0.25) is 5.02 Å². The fourth-order valence-corrected chi connectivity index (χ4v) is 6.16. The first-order valence-electron chi connectivity index (χ1n) is 12.9. The van der Waals surface area contributed by atoms with Crippen molar-refractivity contribution in [2.75, 3.05) is 10.8 Å². The molecule has 226 valence electrons. The molecule has 1 N–H and O–H groups in total. The van der Waals surface area contributed by atoms with Gasteiger partial charge in [0, 0.05) is 17.1 Å². The van der Waals surface area contributed by atoms with Gasteiger partial charge in [0.15, 0.2) is 0 Å². The molecular weight excluding hydrogens is 659 g/mol. The number of benzene rings is 3. The molecule has 0 bridgehead atoms. The third-order valence-corrected chi connectivity index (χ3v) is 9.15. The Morgan fingerprint density at radius 2 is 1.67 bits per heavy atom. The van der Waals surface area contributed by atoms with Gasteiger partial charge in [-0.3, -0.25) is 13.9 Å². The van der Waals surface area contributed by atoms with Crippen LogP contribution in [0.3, 0.4) is 0 Å². The molecule has 3 aromatic rings. The van der Waals surface area contributed by atoms with Gasteiger partial charge in [0.05, 0.1) is 21.2 Å². The maximum atomic E-state index is 14.0. The number of sulfonamides is 1. The second-order valence-corrected chi connectivity index (χ2v) is 12.8. The van der Waals surface area contributed by atoms with Crippen LogP contribution < -0.4 is 9.62 Å². The summed E-state index contributed by atoms with van der Waals surface area (Å²) in [5.74, 6) is -1.29. The molecule has 13 heteroatoms. The Labute approximate surface area is 256 Å². The molecule has 0 spiro atoms. The number of anilines is 1. The van der Waals surface area contributed by atoms with Gasteiger partial charge < -0.3 is 10.2 Å². The molecule has 2 atom stereocenters. The van der Waals surface area contributed by atoms with Gasteiger partial charge in [0.2, 0.25) is 11.8 Å². The molecule has 42 heavy (non-hydrogen) atoms. The van der Waals surface area contributed by atoms with E-state index in [1.54, 1.807) is 37.3 Å². The average Bonchev–Trinajstić information content (AvgIpc) is 2.94. The lowest BCUT2D eigenvalue weighted by atomic mass is 10.1. The number of carbonyl (C=O) groups excluding carboxylic acids is 2. The summed E-state index contributed by atoms with van der Waals surface area (Å²) in [5, 5.41) is 2.51. The lowest BCUT2D eigenvalue weighted by Crippen LogP contribution is -2.52. The second kappa shape index (κ2) is 13.9. The van der Waals surface area contributed by atoms with Crippen LogP contribution in [0.15, 0.2) is 82.2 Å². The molecule has 7 nitrogen and oxygen atoms in total. The lowest BCUT2D eigenvalue weighted by molar-refractivity contribution is -0.139. The van der Waals surface area contributed by atoms with Crippen molar-refractivity contribution < 1.29 is 31.2 Å². The Bertz CT molecular complexity index is 1520. The molecule has 0 heterocycles. The lowest BCUT2D eigenvalue weighted by Gasteiger charge is -2.33. The second-order valence-electron chi connectivity index (χ2n) is 9.63. The van der Waals surface area contributed by atoms with E-state index in [1.807, 2.05) is 6.92 Å². The largest absolute Gasteiger partial charge is 0.416 e. The van der Waals surface area contributed by atoms with E-state index in [0.29, 0.717) is 26.8 Å². The van der Waals surface area contributed by atoms with Crippen molar-refractivity contribution in [2.45, 2.75) is 56.9 Å². The fourth-order valence-electron chi connectivity index (χ4n) is 3.99. The molecule has 0 aliphatic carbocycles. The molecule has 0 radical (unpaired) electrons. The minimum atomic E-state index is -4.80. The van der Waals surface area contributed by atoms with E-state index in [0.717, 1.165) is 12.1 Å². The molecule has 3 aromatic carbocycles. The quantitative estimate of drug-likeness (QED) is 0.245. The summed E-state index contributed by atoms with van der Waals surface area (Å²) in [5.41, 5.74) is -1.03. The molecule has 0 aromatic heterocycles. The molecule has 0 saturated heterocycles. The number of carbonyl (C=O) groups is 2. The number of hydrogen-bond donors (Lipinski definition) is 1. The number of nitrogens with one attached hydrogen (secondary N) is 1. The molecule has 0 saturated carbocycles. The topological polar surface area (TPSA) is 86.8 Å². The minimum absolute atomic E-state index is 0.0804. The van der Waals surface area contributed by atoms with Crippen LogP contribution in [0.25, 0.3) is 0 Å². The molecule has 0 aliphatic rings. The van der Waals surface area contributed by atoms with Crippen LogP contribution in [-0.2, 0) is 32.3 Å². The van der Waals surface area contributed by atoms with Gasteiger partial charge in [0.1, 0.15) is 12.6 Å². The van der Waals surface area contributed by atoms with E-state index in [-0.39, 0.29) is 22.5 Å². The Hall–Kier alpha value is -3.09. The van der Waals surface area contributed by atoms with Gasteiger partial charge in [-0.1, -0.05) is 64.8 Å². The predicted octanol–water partition coefficient (Wildman–Crippen LogP) is 6.65. The van der Waals surface area contributed by atoms with Gasteiger partial charge in [-0.2, -0.15) is 13.2 Å². The van der Waals surface area contributed by atoms with Crippen molar-refractivity contribution in [2.24, 2.45) is 0 Å². The zero-order valence-corrected chi connectivity index (χ0v) is 26.2. The van der Waals surface area contributed by atoms with Crippen molar-refractivity contribution in [1.82, 2.24) is 10.2 Å². The zero-order valence-electron chi connectivity index (χ0n) is 23.0. The number of halogens is 5. The predicted molar refractivity (Wildman–Crippen MR) is 159 cm³/mol. The summed E-state index contributed by atoms with van der Waals surface area (Å²) in [6, 6.07) is 15.0. The van der Waals surface area contributed by atoms with Gasteiger partial charge in [-0.15, -0.1) is 0 Å². The summed E-state index contributed by atoms with van der Waals surface area (Å²) in [6.45, 7) is 4.18. The maximum Gasteiger partial charge on any atom is 0.416 e. The first kappa shape index (κ1) is 33.4. The number of amides is 2. The van der Waals surface area contributed by atoms with E-state index < -0.39 is 51.9 Å². The maximum absolute atomic E-state index is 14.0. The van der Waals surface area contributed by atoms with E-state index in [1.165, 1.54) is 36.1 Å². The highest BCUT2D eigenvalue weighted by Gasteiger charge is 2.36. The summed E-state index contributed by atoms with van der Waals surface area (Å²) < 4.78 is 69.8. The third-order valence-electron chi connectivity index (χ3n) is 6.56. The summed E-state index contributed by atoms with van der Waals surface area (Å²) in [7, 11) is -4.59. The number of rotatable bonds is 11. The number of nitrogens with zero attached hydrogens (tertiary/aromatic N) is 2. The highest BCUT2D eigenvalue weighted by Crippen LogP contribution is 2.37. The molecular formula is C29H30BrClF3N3O4S. The summed E-state index contributed by atoms with van der Waals surface area (Å²) >= 11 is 9.64. The third kappa shape index (κ3) is 8.26. The van der Waals surface area contributed by atoms with Crippen LogP contribution in [0.5, 0.6) is 0 Å². The monoisotopic (exact) mass is 687 g/mol. The smallest absolute Gasteiger partial charge is 0.352 e. The normalized spacial score (nSPS) is 13.2. The van der Waals surface area contributed by atoms with Crippen LogP contribution in [0.1, 0.15) is 38.3 Å². The molecule has 0 aliphatic heterocycles. The van der Waals surface area contributed by atoms with E-state index >= 15 is 0 Å². The zero-order chi connectivity index (χ0) is 31.2. The Morgan fingerprint density at radius 1 is 1.00 bits per heavy atom. The minimum Gasteiger partial charge on any atom is -0.352 e. The molecule has 0 fully saturated rings. The van der Waals surface area contributed by atoms with E-state index in [9.17, 15) is 31.2 Å². The van der Waals surface area contributed by atoms with Crippen LogP contribution >= 0.6 is 27.5 Å². The Morgan fingerprint density at radius 3 is 2.26 bits per heavy atom. The average molecular weight is 689 g/mol. The van der Waals surface area contributed by atoms with E-state index in [2.05, 4.69) is 21.2 Å². The Kier molecular flexibility index (Phi) is 11.1. The Balaban J connectivity index is 2.12. The van der Waals surface area contributed by atoms with Crippen molar-refractivity contribution in [3.05, 3.63) is 93.4 Å². The van der Waals surface area contributed by atoms with Crippen LogP contribution in [0.4, 0.5) is 18.9 Å². The van der Waals surface area contributed by atoms with Gasteiger partial charge in [-0.25, -0.2) is 8.42 Å². The SMILES string of the molecule is CCC(C)NC(=O)C(C)N(Cc1cccc(Br)c1)C(=O)CN(c1cc(C(F)(F)F)ccc1Cl)S(=O)(=O)c1ccccc1. The number of alkyl halides is 3. The first-order valence-corrected chi connectivity index (χ1v) is 15.5. The van der Waals surface area contributed by atoms with Crippen LogP contribution in [0, 0.1) is 0 Å². The van der Waals surface area contributed by atoms with Crippen molar-refractivity contribution in [1.29, 1.82) is 0 Å². The highest BCUT2D eigenvalue weighted by molar-refractivity contribution is 9.10. The first-order chi connectivity index (χ1) is 19.6. The van der Waals surface area contributed by atoms with Crippen molar-refractivity contribution >= 4 is 55.1 Å². The van der Waals surface area contributed by atoms with Gasteiger partial charge in [0.25, 0.3) is 10.0 Å². The molecule has 2 amide bonds. The number of hydrogen-bond acceptors (Lipinski definition) is 4. The van der Waals surface area contributed by atoms with Crippen LogP contribution in [-0.4, -0.2) is 43.8 Å². The van der Waals surface area contributed by atoms with Crippen molar-refractivity contribution in [3.8, 4) is 0 Å². The van der Waals surface area contributed by atoms with E-state index in [4.69, 9.17) is 11.6 Å². The fraction of sp³-hybridized carbons (Fsp3) is 0.310. The molecule has 3 rings (SSSR count). The van der Waals surface area contributed by atoms with Crippen molar-refractivity contribution in [3.63, 3.8) is 0 Å². The standard InChI is InChI=1S/C29H30BrClF3N3O4S/c1-4-19(2)35-28(39)20(3)36(17-21-9-8-10-23(30)15-21)27(38)18-37(42(40,41)24-11-6-5-7-12-24)26-16-22(29(32,33)34)13-14-25(26)31/h5-16,19-20H,4,17-18H2,1-3H3,(H,35,39).